The SMILES string of the molecule is Cc1csc(C(=O)CCc2ccccc2)c1OC(C)c1ccc[nH]1. The lowest BCUT2D eigenvalue weighted by Gasteiger charge is -2.15. The molecule has 0 radical (unpaired) electrons. The van der Waals surface area contributed by atoms with E-state index >= 15 is 0 Å². The summed E-state index contributed by atoms with van der Waals surface area (Å²) >= 11 is 1.47. The number of nitrogens with one attached hydrogen (secondary N) is 1. The van der Waals surface area contributed by atoms with Gasteiger partial charge in [-0.1, -0.05) is 30.3 Å². The third-order valence-electron chi connectivity index (χ3n) is 4.01. The van der Waals surface area contributed by atoms with Gasteiger partial charge in [-0.3, -0.25) is 4.79 Å². The number of ether oxygens (including phenoxy) is 1. The first-order valence-electron chi connectivity index (χ1n) is 8.10. The molecule has 2 aromatic heterocycles. The van der Waals surface area contributed by atoms with Crippen molar-refractivity contribution in [2.45, 2.75) is 32.8 Å². The van der Waals surface area contributed by atoms with Gasteiger partial charge in [-0.05, 0) is 43.3 Å². The van der Waals surface area contributed by atoms with Gasteiger partial charge in [0.15, 0.2) is 5.78 Å². The number of ketones is 1. The van der Waals surface area contributed by atoms with Crippen LogP contribution in [0.25, 0.3) is 0 Å². The molecular formula is C20H21NO2S. The highest BCUT2D eigenvalue weighted by Crippen LogP contribution is 2.34. The Morgan fingerprint density at radius 2 is 2.00 bits per heavy atom. The Balaban J connectivity index is 1.70. The second-order valence-electron chi connectivity index (χ2n) is 5.87. The third kappa shape index (κ3) is 3.77. The fourth-order valence-electron chi connectivity index (χ4n) is 2.63. The summed E-state index contributed by atoms with van der Waals surface area (Å²) in [6.45, 7) is 3.97. The minimum Gasteiger partial charge on any atom is -0.483 e. The quantitative estimate of drug-likeness (QED) is 0.590. The van der Waals surface area contributed by atoms with E-state index in [1.54, 1.807) is 0 Å². The minimum atomic E-state index is -0.117. The highest BCUT2D eigenvalue weighted by Gasteiger charge is 2.20. The smallest absolute Gasteiger partial charge is 0.176 e. The van der Waals surface area contributed by atoms with Crippen LogP contribution in [0, 0.1) is 6.92 Å². The van der Waals surface area contributed by atoms with Gasteiger partial charge in [0.1, 0.15) is 16.7 Å². The van der Waals surface area contributed by atoms with Gasteiger partial charge in [0.25, 0.3) is 0 Å². The van der Waals surface area contributed by atoms with Crippen LogP contribution in [0.5, 0.6) is 5.75 Å². The lowest BCUT2D eigenvalue weighted by atomic mass is 10.1. The number of hydrogen-bond donors (Lipinski definition) is 1. The van der Waals surface area contributed by atoms with Crippen molar-refractivity contribution in [1.29, 1.82) is 0 Å². The first kappa shape index (κ1) is 16.5. The van der Waals surface area contributed by atoms with E-state index in [4.69, 9.17) is 4.74 Å². The van der Waals surface area contributed by atoms with E-state index in [-0.39, 0.29) is 11.9 Å². The van der Waals surface area contributed by atoms with E-state index < -0.39 is 0 Å². The number of hydrogen-bond acceptors (Lipinski definition) is 3. The van der Waals surface area contributed by atoms with Crippen molar-refractivity contribution in [1.82, 2.24) is 4.98 Å². The normalized spacial score (nSPS) is 12.1. The van der Waals surface area contributed by atoms with Crippen molar-refractivity contribution in [3.63, 3.8) is 0 Å². The van der Waals surface area contributed by atoms with Crippen molar-refractivity contribution in [2.24, 2.45) is 0 Å². The first-order chi connectivity index (χ1) is 11.6. The molecular weight excluding hydrogens is 318 g/mol. The number of thiophene rings is 1. The van der Waals surface area contributed by atoms with Crippen LogP contribution in [0.2, 0.25) is 0 Å². The number of benzene rings is 1. The van der Waals surface area contributed by atoms with E-state index in [1.165, 1.54) is 16.9 Å². The maximum atomic E-state index is 12.6. The van der Waals surface area contributed by atoms with Crippen LogP contribution in [-0.2, 0) is 6.42 Å². The third-order valence-corrected chi connectivity index (χ3v) is 5.13. The molecule has 0 bridgehead atoms. The highest BCUT2D eigenvalue weighted by molar-refractivity contribution is 7.12. The Morgan fingerprint density at radius 1 is 1.21 bits per heavy atom. The molecule has 3 nitrogen and oxygen atoms in total. The predicted molar refractivity (Wildman–Crippen MR) is 98.0 cm³/mol. The number of Topliss-reactive ketones (excluding diaryl/α,β-unsaturated/α-hetero) is 1. The number of carbonyl (C=O) groups is 1. The zero-order chi connectivity index (χ0) is 16.9. The van der Waals surface area contributed by atoms with Crippen LogP contribution in [0.4, 0.5) is 0 Å². The molecule has 1 unspecified atom stereocenters. The van der Waals surface area contributed by atoms with E-state index in [0.29, 0.717) is 6.42 Å². The Kier molecular flexibility index (Phi) is 5.16. The van der Waals surface area contributed by atoms with Crippen molar-refractivity contribution < 1.29 is 9.53 Å². The summed E-state index contributed by atoms with van der Waals surface area (Å²) in [6, 6.07) is 14.0. The molecule has 0 saturated carbocycles. The number of aryl methyl sites for hydroxylation is 2. The largest absolute Gasteiger partial charge is 0.483 e. The van der Waals surface area contributed by atoms with Crippen LogP contribution in [0.3, 0.4) is 0 Å². The van der Waals surface area contributed by atoms with Gasteiger partial charge in [0, 0.05) is 18.2 Å². The highest BCUT2D eigenvalue weighted by atomic mass is 32.1. The molecule has 24 heavy (non-hydrogen) atoms. The summed E-state index contributed by atoms with van der Waals surface area (Å²) < 4.78 is 6.09. The Bertz CT molecular complexity index is 790. The van der Waals surface area contributed by atoms with E-state index in [0.717, 1.165) is 28.3 Å². The Labute approximate surface area is 146 Å². The zero-order valence-corrected chi connectivity index (χ0v) is 14.7. The van der Waals surface area contributed by atoms with Gasteiger partial charge in [0.05, 0.1) is 5.69 Å². The van der Waals surface area contributed by atoms with E-state index in [1.807, 2.05) is 55.8 Å². The molecule has 0 spiro atoms. The summed E-state index contributed by atoms with van der Waals surface area (Å²) in [6.07, 6.45) is 3.01. The van der Waals surface area contributed by atoms with Gasteiger partial charge < -0.3 is 9.72 Å². The topological polar surface area (TPSA) is 42.1 Å². The molecule has 0 saturated heterocycles. The van der Waals surface area contributed by atoms with Crippen LogP contribution in [-0.4, -0.2) is 10.8 Å². The van der Waals surface area contributed by atoms with Crippen molar-refractivity contribution >= 4 is 17.1 Å². The summed E-state index contributed by atoms with van der Waals surface area (Å²) in [7, 11) is 0. The van der Waals surface area contributed by atoms with Gasteiger partial charge >= 0.3 is 0 Å². The number of H-pyrrole nitrogens is 1. The fourth-order valence-corrected chi connectivity index (χ4v) is 3.58. The summed E-state index contributed by atoms with van der Waals surface area (Å²) in [4.78, 5) is 16.5. The predicted octanol–water partition coefficient (Wildman–Crippen LogP) is 5.34. The molecule has 0 amide bonds. The number of aromatic amines is 1. The van der Waals surface area contributed by atoms with Crippen LogP contribution >= 0.6 is 11.3 Å². The zero-order valence-electron chi connectivity index (χ0n) is 13.9. The molecule has 1 aromatic carbocycles. The van der Waals surface area contributed by atoms with Crippen molar-refractivity contribution in [2.75, 3.05) is 0 Å². The standard InChI is InChI=1S/C20H21NO2S/c1-14-13-24-20(18(22)11-10-16-7-4-3-5-8-16)19(14)23-15(2)17-9-6-12-21-17/h3-9,12-13,15,21H,10-11H2,1-2H3. The van der Waals surface area contributed by atoms with Crippen LogP contribution < -0.4 is 4.74 Å². The molecule has 0 aliphatic rings. The van der Waals surface area contributed by atoms with Crippen molar-refractivity contribution in [3.8, 4) is 5.75 Å². The molecule has 4 heteroatoms. The molecule has 3 aromatic rings. The lowest BCUT2D eigenvalue weighted by molar-refractivity contribution is 0.0980. The fraction of sp³-hybridized carbons (Fsp3) is 0.250. The molecule has 0 aliphatic carbocycles. The first-order valence-corrected chi connectivity index (χ1v) is 8.98. The molecule has 0 fully saturated rings. The Morgan fingerprint density at radius 3 is 2.71 bits per heavy atom. The monoisotopic (exact) mass is 339 g/mol. The van der Waals surface area contributed by atoms with Gasteiger partial charge in [-0.2, -0.15) is 0 Å². The molecule has 1 atom stereocenters. The maximum absolute atomic E-state index is 12.6. The molecule has 124 valence electrons. The second kappa shape index (κ2) is 7.49. The molecule has 2 heterocycles. The lowest BCUT2D eigenvalue weighted by Crippen LogP contribution is -2.07. The second-order valence-corrected chi connectivity index (χ2v) is 6.75. The average molecular weight is 339 g/mol. The van der Waals surface area contributed by atoms with E-state index in [2.05, 4.69) is 17.1 Å². The number of carbonyl (C=O) groups excluding carboxylic acids is 1. The maximum Gasteiger partial charge on any atom is 0.176 e. The van der Waals surface area contributed by atoms with Gasteiger partial charge in [-0.15, -0.1) is 11.3 Å². The summed E-state index contributed by atoms with van der Waals surface area (Å²) in [5.41, 5.74) is 3.20. The molecule has 0 aliphatic heterocycles. The number of aromatic nitrogens is 1. The van der Waals surface area contributed by atoms with Crippen LogP contribution in [0.15, 0.2) is 54.0 Å². The number of rotatable bonds is 7. The van der Waals surface area contributed by atoms with Crippen LogP contribution in [0.1, 0.15) is 45.9 Å². The Hall–Kier alpha value is -2.33. The van der Waals surface area contributed by atoms with Gasteiger partial charge in [0.2, 0.25) is 0 Å². The minimum absolute atomic E-state index is 0.117. The summed E-state index contributed by atoms with van der Waals surface area (Å²) in [5.74, 6) is 0.866. The average Bonchev–Trinajstić information content (AvgIpc) is 3.25. The van der Waals surface area contributed by atoms with E-state index in [9.17, 15) is 4.79 Å². The molecule has 3 rings (SSSR count). The summed E-state index contributed by atoms with van der Waals surface area (Å²) in [5, 5.41) is 1.99. The molecule has 1 N–H and O–H groups in total. The van der Waals surface area contributed by atoms with Crippen molar-refractivity contribution in [3.05, 3.63) is 75.7 Å². The van der Waals surface area contributed by atoms with Gasteiger partial charge in [-0.25, -0.2) is 0 Å².